The maximum absolute atomic E-state index is 13.3. The number of fused-ring (bicyclic) bond motifs is 2. The molecular formula is C23H29N3O4. The largest absolute Gasteiger partial charge is 0.480 e. The van der Waals surface area contributed by atoms with Gasteiger partial charge in [0.15, 0.2) is 0 Å². The van der Waals surface area contributed by atoms with Crippen LogP contribution in [0.2, 0.25) is 0 Å². The summed E-state index contributed by atoms with van der Waals surface area (Å²) in [4.78, 5) is 42.7. The molecule has 0 radical (unpaired) electrons. The van der Waals surface area contributed by atoms with Crippen LogP contribution in [0.25, 0.3) is 10.9 Å². The Bertz CT molecular complexity index is 976. The molecule has 0 bridgehead atoms. The number of carbonyl (C=O) groups is 3. The molecule has 4 rings (SSSR count). The van der Waals surface area contributed by atoms with Crippen molar-refractivity contribution in [3.8, 4) is 0 Å². The van der Waals surface area contributed by atoms with Crippen LogP contribution >= 0.6 is 0 Å². The molecule has 1 aliphatic heterocycles. The van der Waals surface area contributed by atoms with Gasteiger partial charge in [-0.2, -0.15) is 0 Å². The summed E-state index contributed by atoms with van der Waals surface area (Å²) in [6.07, 6.45) is 0.451. The Morgan fingerprint density at radius 3 is 2.60 bits per heavy atom. The third-order valence-corrected chi connectivity index (χ3v) is 6.83. The van der Waals surface area contributed by atoms with Crippen LogP contribution in [0.5, 0.6) is 0 Å². The predicted octanol–water partition coefficient (Wildman–Crippen LogP) is 2.88. The van der Waals surface area contributed by atoms with Crippen LogP contribution in [-0.4, -0.2) is 51.4 Å². The van der Waals surface area contributed by atoms with Crippen molar-refractivity contribution in [2.45, 2.75) is 46.2 Å². The number of aliphatic carboxylic acids is 1. The number of piperidine rings is 1. The second kappa shape index (κ2) is 7.15. The molecular weight excluding hydrogens is 382 g/mol. The number of likely N-dealkylation sites (tertiary alicyclic amines) is 1. The first kappa shape index (κ1) is 20.4. The summed E-state index contributed by atoms with van der Waals surface area (Å²) in [5, 5.41) is 13.6. The number of carboxylic acid groups (broad SMARTS) is 1. The number of nitrogens with zero attached hydrogens (tertiary/aromatic N) is 1. The summed E-state index contributed by atoms with van der Waals surface area (Å²) in [5.74, 6) is -1.29. The van der Waals surface area contributed by atoms with Crippen LogP contribution < -0.4 is 5.32 Å². The Morgan fingerprint density at radius 2 is 1.97 bits per heavy atom. The Morgan fingerprint density at radius 1 is 1.27 bits per heavy atom. The first-order valence-electron chi connectivity index (χ1n) is 10.5. The van der Waals surface area contributed by atoms with Crippen molar-refractivity contribution in [3.63, 3.8) is 0 Å². The van der Waals surface area contributed by atoms with Crippen LogP contribution in [0.3, 0.4) is 0 Å². The molecule has 3 N–H and O–H groups in total. The van der Waals surface area contributed by atoms with Crippen LogP contribution in [0.4, 0.5) is 0 Å². The summed E-state index contributed by atoms with van der Waals surface area (Å²) < 4.78 is 0. The average molecular weight is 412 g/mol. The Hall–Kier alpha value is -2.83. The molecule has 2 heterocycles. The van der Waals surface area contributed by atoms with E-state index in [0.29, 0.717) is 18.7 Å². The van der Waals surface area contributed by atoms with Crippen molar-refractivity contribution in [1.29, 1.82) is 0 Å². The molecule has 1 aromatic carbocycles. The van der Waals surface area contributed by atoms with Gasteiger partial charge in [0.2, 0.25) is 5.91 Å². The van der Waals surface area contributed by atoms with Gasteiger partial charge in [0.05, 0.1) is 0 Å². The third kappa shape index (κ3) is 3.36. The van der Waals surface area contributed by atoms with Gasteiger partial charge in [-0.1, -0.05) is 45.9 Å². The van der Waals surface area contributed by atoms with Gasteiger partial charge in [-0.3, -0.25) is 9.59 Å². The summed E-state index contributed by atoms with van der Waals surface area (Å²) >= 11 is 0. The molecule has 30 heavy (non-hydrogen) atoms. The minimum Gasteiger partial charge on any atom is -0.480 e. The zero-order chi connectivity index (χ0) is 21.8. The number of aromatic amines is 1. The fourth-order valence-electron chi connectivity index (χ4n) is 5.12. The van der Waals surface area contributed by atoms with Gasteiger partial charge in [-0.25, -0.2) is 4.79 Å². The molecule has 7 heteroatoms. The molecule has 2 amide bonds. The first-order valence-corrected chi connectivity index (χ1v) is 10.5. The van der Waals surface area contributed by atoms with Crippen LogP contribution in [0, 0.1) is 23.2 Å². The van der Waals surface area contributed by atoms with E-state index in [1.165, 1.54) is 4.90 Å². The molecule has 4 atom stereocenters. The van der Waals surface area contributed by atoms with Crippen LogP contribution in [0.15, 0.2) is 30.3 Å². The highest BCUT2D eigenvalue weighted by Gasteiger charge is 2.69. The molecule has 1 saturated heterocycles. The molecule has 1 unspecified atom stereocenters. The predicted molar refractivity (Wildman–Crippen MR) is 113 cm³/mol. The normalized spacial score (nSPS) is 25.2. The zero-order valence-electron chi connectivity index (χ0n) is 17.8. The number of aromatic nitrogens is 1. The second-order valence-corrected chi connectivity index (χ2v) is 9.65. The summed E-state index contributed by atoms with van der Waals surface area (Å²) in [6.45, 7) is 8.51. The molecule has 1 aromatic heterocycles. The maximum Gasteiger partial charge on any atom is 0.326 e. The molecule has 0 spiro atoms. The van der Waals surface area contributed by atoms with Crippen molar-refractivity contribution in [2.75, 3.05) is 6.54 Å². The van der Waals surface area contributed by atoms with Gasteiger partial charge in [-0.05, 0) is 35.8 Å². The molecule has 2 fully saturated rings. The fraction of sp³-hybridized carbons (Fsp3) is 0.522. The van der Waals surface area contributed by atoms with Gasteiger partial charge in [0.1, 0.15) is 17.8 Å². The molecule has 7 nitrogen and oxygen atoms in total. The van der Waals surface area contributed by atoms with Crippen molar-refractivity contribution in [1.82, 2.24) is 15.2 Å². The van der Waals surface area contributed by atoms with E-state index in [2.05, 4.69) is 24.1 Å². The van der Waals surface area contributed by atoms with Gasteiger partial charge < -0.3 is 20.3 Å². The summed E-state index contributed by atoms with van der Waals surface area (Å²) in [6, 6.07) is 7.76. The number of para-hydroxylation sites is 1. The first-order chi connectivity index (χ1) is 14.1. The van der Waals surface area contributed by atoms with E-state index in [4.69, 9.17) is 0 Å². The van der Waals surface area contributed by atoms with Gasteiger partial charge in [-0.15, -0.1) is 0 Å². The van der Waals surface area contributed by atoms with Crippen molar-refractivity contribution < 1.29 is 19.5 Å². The highest BCUT2D eigenvalue weighted by Crippen LogP contribution is 2.64. The smallest absolute Gasteiger partial charge is 0.326 e. The van der Waals surface area contributed by atoms with Crippen molar-refractivity contribution in [3.05, 3.63) is 36.0 Å². The monoisotopic (exact) mass is 411 g/mol. The number of amides is 2. The van der Waals surface area contributed by atoms with Crippen molar-refractivity contribution in [2.24, 2.45) is 23.2 Å². The number of carboxylic acids is 1. The molecule has 1 saturated carbocycles. The lowest BCUT2D eigenvalue weighted by Gasteiger charge is -2.32. The highest BCUT2D eigenvalue weighted by molar-refractivity contribution is 6.00. The minimum atomic E-state index is -0.966. The number of carbonyl (C=O) groups excluding carboxylic acids is 2. The highest BCUT2D eigenvalue weighted by atomic mass is 16.4. The Kier molecular flexibility index (Phi) is 4.87. The fourth-order valence-corrected chi connectivity index (χ4v) is 5.12. The lowest BCUT2D eigenvalue weighted by atomic mass is 9.98. The Labute approximate surface area is 175 Å². The zero-order valence-corrected chi connectivity index (χ0v) is 17.8. The van der Waals surface area contributed by atoms with E-state index in [9.17, 15) is 19.5 Å². The van der Waals surface area contributed by atoms with E-state index in [1.807, 2.05) is 38.1 Å². The number of nitrogens with one attached hydrogen (secondary N) is 2. The topological polar surface area (TPSA) is 103 Å². The van der Waals surface area contributed by atoms with E-state index in [1.54, 1.807) is 6.07 Å². The van der Waals surface area contributed by atoms with E-state index < -0.39 is 18.1 Å². The van der Waals surface area contributed by atoms with E-state index in [0.717, 1.165) is 10.9 Å². The third-order valence-electron chi connectivity index (χ3n) is 6.83. The Balaban J connectivity index is 1.54. The molecule has 2 aliphatic rings. The lowest BCUT2D eigenvalue weighted by Crippen LogP contribution is -2.54. The quantitative estimate of drug-likeness (QED) is 0.680. The average Bonchev–Trinajstić information content (AvgIpc) is 3.08. The van der Waals surface area contributed by atoms with E-state index in [-0.39, 0.29) is 35.0 Å². The number of H-pyrrole nitrogens is 1. The summed E-state index contributed by atoms with van der Waals surface area (Å²) in [7, 11) is 0. The number of hydrogen-bond donors (Lipinski definition) is 3. The molecule has 1 aliphatic carbocycles. The van der Waals surface area contributed by atoms with Crippen molar-refractivity contribution >= 4 is 28.7 Å². The van der Waals surface area contributed by atoms with Crippen LogP contribution in [-0.2, 0) is 9.59 Å². The number of benzene rings is 1. The van der Waals surface area contributed by atoms with Gasteiger partial charge in [0, 0.05) is 23.4 Å². The van der Waals surface area contributed by atoms with E-state index >= 15 is 0 Å². The lowest BCUT2D eigenvalue weighted by molar-refractivity contribution is -0.151. The SMILES string of the molecule is CC(C)C[C@H](NC(=O)c1cc2ccccc2[nH]1)C(=O)N1C[C@H]2C([C@H]1C(=O)O)C2(C)C. The van der Waals surface area contributed by atoms with Crippen LogP contribution in [0.1, 0.15) is 44.6 Å². The minimum absolute atomic E-state index is 0.0249. The summed E-state index contributed by atoms with van der Waals surface area (Å²) in [5.41, 5.74) is 1.18. The standard InChI is InChI=1S/C23H29N3O4/c1-12(2)9-17(25-20(27)16-10-13-7-5-6-8-15(13)24-16)21(28)26-11-14-18(23(14,3)4)19(26)22(29)30/h5-8,10,12,14,17-19,24H,9,11H2,1-4H3,(H,25,27)(H,29,30)/t14-,17-,18?,19-/m0/s1. The van der Waals surface area contributed by atoms with Gasteiger partial charge in [0.25, 0.3) is 5.91 Å². The number of rotatable bonds is 6. The molecule has 2 aromatic rings. The second-order valence-electron chi connectivity index (χ2n) is 9.65. The maximum atomic E-state index is 13.3. The number of hydrogen-bond acceptors (Lipinski definition) is 3. The molecule has 160 valence electrons. The van der Waals surface area contributed by atoms with Gasteiger partial charge >= 0.3 is 5.97 Å².